The number of ether oxygens (including phenoxy) is 2. The highest BCUT2D eigenvalue weighted by molar-refractivity contribution is 8.13. The van der Waals surface area contributed by atoms with E-state index < -0.39 is 19.9 Å². The van der Waals surface area contributed by atoms with Crippen LogP contribution in [0.3, 0.4) is 0 Å². The first-order chi connectivity index (χ1) is 9.27. The van der Waals surface area contributed by atoms with Crippen molar-refractivity contribution in [3.63, 3.8) is 0 Å². The second-order valence-electron chi connectivity index (χ2n) is 3.68. The Hall–Kier alpha value is -0.530. The lowest BCUT2D eigenvalue weighted by Crippen LogP contribution is -2.09. The minimum atomic E-state index is -4.08. The molecule has 0 aliphatic carbocycles. The monoisotopic (exact) mass is 360 g/mol. The molecule has 0 spiro atoms. The smallest absolute Gasteiger partial charge is 0.339 e. The summed E-state index contributed by atoms with van der Waals surface area (Å²) in [5.41, 5.74) is -0.118. The van der Waals surface area contributed by atoms with Gasteiger partial charge < -0.3 is 9.47 Å². The van der Waals surface area contributed by atoms with Gasteiger partial charge in [-0.2, -0.15) is 0 Å². The fourth-order valence-corrected chi connectivity index (χ4v) is 3.14. The van der Waals surface area contributed by atoms with Crippen LogP contribution in [0.1, 0.15) is 16.8 Å². The summed E-state index contributed by atoms with van der Waals surface area (Å²) in [7, 11) is 2.66. The van der Waals surface area contributed by atoms with Crippen molar-refractivity contribution in [2.45, 2.75) is 11.3 Å². The zero-order valence-electron chi connectivity index (χ0n) is 10.4. The van der Waals surface area contributed by atoms with Crippen LogP contribution in [-0.2, 0) is 18.5 Å². The molecule has 20 heavy (non-hydrogen) atoms. The molecular formula is C11H11Cl3O5S. The topological polar surface area (TPSA) is 69.7 Å². The van der Waals surface area contributed by atoms with Gasteiger partial charge in [0.05, 0.1) is 22.2 Å². The molecule has 1 aromatic rings. The molecule has 0 bridgehead atoms. The zero-order valence-corrected chi connectivity index (χ0v) is 13.4. The molecule has 0 fully saturated rings. The number of halogens is 3. The Labute approximate surface area is 131 Å². The van der Waals surface area contributed by atoms with Crippen LogP contribution in [0.5, 0.6) is 0 Å². The van der Waals surface area contributed by atoms with Gasteiger partial charge in [0.1, 0.15) is 4.90 Å². The molecular weight excluding hydrogens is 351 g/mol. The van der Waals surface area contributed by atoms with Gasteiger partial charge in [0.2, 0.25) is 0 Å². The summed E-state index contributed by atoms with van der Waals surface area (Å²) in [5.74, 6) is -0.760. The van der Waals surface area contributed by atoms with Gasteiger partial charge in [-0.25, -0.2) is 13.2 Å². The van der Waals surface area contributed by atoms with Gasteiger partial charge in [-0.05, 0) is 12.1 Å². The van der Waals surface area contributed by atoms with Crippen LogP contribution in [0.4, 0.5) is 0 Å². The third kappa shape index (κ3) is 4.79. The molecule has 0 heterocycles. The standard InChI is InChI=1S/C11H11Cl3O5S/c1-18-3-2-4-19-11(15)7-5-10(20(14,16)17)9(13)6-8(7)12/h5-6H,2-4H2,1H3. The molecule has 5 nitrogen and oxygen atoms in total. The molecule has 0 atom stereocenters. The Balaban J connectivity index is 2.98. The molecule has 1 aromatic carbocycles. The van der Waals surface area contributed by atoms with E-state index in [2.05, 4.69) is 0 Å². The largest absolute Gasteiger partial charge is 0.462 e. The Morgan fingerprint density at radius 3 is 2.40 bits per heavy atom. The van der Waals surface area contributed by atoms with Crippen LogP contribution in [0.15, 0.2) is 17.0 Å². The van der Waals surface area contributed by atoms with Gasteiger partial charge in [0, 0.05) is 30.8 Å². The summed E-state index contributed by atoms with van der Waals surface area (Å²) >= 11 is 11.6. The Kier molecular flexibility index (Phi) is 6.54. The van der Waals surface area contributed by atoms with Crippen molar-refractivity contribution >= 4 is 48.9 Å². The third-order valence-electron chi connectivity index (χ3n) is 2.23. The molecule has 1 rings (SSSR count). The van der Waals surface area contributed by atoms with Crippen LogP contribution in [0.2, 0.25) is 10.0 Å². The maximum absolute atomic E-state index is 11.8. The highest BCUT2D eigenvalue weighted by Gasteiger charge is 2.21. The normalized spacial score (nSPS) is 11.4. The molecule has 112 valence electrons. The zero-order chi connectivity index (χ0) is 15.3. The van der Waals surface area contributed by atoms with Crippen molar-refractivity contribution < 1.29 is 22.7 Å². The van der Waals surface area contributed by atoms with E-state index >= 15 is 0 Å². The first kappa shape index (κ1) is 17.5. The number of hydrogen-bond donors (Lipinski definition) is 0. The van der Waals surface area contributed by atoms with E-state index in [1.807, 2.05) is 0 Å². The fraction of sp³-hybridized carbons (Fsp3) is 0.364. The Morgan fingerprint density at radius 1 is 1.20 bits per heavy atom. The summed E-state index contributed by atoms with van der Waals surface area (Å²) in [4.78, 5) is 11.4. The number of methoxy groups -OCH3 is 1. The highest BCUT2D eigenvalue weighted by Crippen LogP contribution is 2.31. The third-order valence-corrected chi connectivity index (χ3v) is 4.33. The number of esters is 1. The van der Waals surface area contributed by atoms with E-state index in [1.54, 1.807) is 0 Å². The molecule has 0 N–H and O–H groups in total. The van der Waals surface area contributed by atoms with Gasteiger partial charge in [-0.3, -0.25) is 0 Å². The molecule has 9 heteroatoms. The van der Waals surface area contributed by atoms with Crippen molar-refractivity contribution in [2.75, 3.05) is 20.3 Å². The van der Waals surface area contributed by atoms with E-state index in [0.717, 1.165) is 12.1 Å². The minimum absolute atomic E-state index is 0.0178. The average Bonchev–Trinajstić information content (AvgIpc) is 2.32. The molecule has 0 aromatic heterocycles. The SMILES string of the molecule is COCCCOC(=O)c1cc(S(=O)(=O)Cl)c(Cl)cc1Cl. The number of carbonyl (C=O) groups excluding carboxylic acids is 1. The fourth-order valence-electron chi connectivity index (χ4n) is 1.32. The van der Waals surface area contributed by atoms with E-state index in [-0.39, 0.29) is 22.2 Å². The van der Waals surface area contributed by atoms with Gasteiger partial charge in [-0.1, -0.05) is 23.2 Å². The molecule has 0 saturated carbocycles. The van der Waals surface area contributed by atoms with Gasteiger partial charge in [0.15, 0.2) is 0 Å². The molecule has 0 aliphatic rings. The van der Waals surface area contributed by atoms with Crippen molar-refractivity contribution in [3.05, 3.63) is 27.7 Å². The second-order valence-corrected chi connectivity index (χ2v) is 7.03. The van der Waals surface area contributed by atoms with E-state index in [0.29, 0.717) is 13.0 Å². The lowest BCUT2D eigenvalue weighted by atomic mass is 10.2. The number of benzene rings is 1. The summed E-state index contributed by atoms with van der Waals surface area (Å²) in [6, 6.07) is 2.12. The second kappa shape index (κ2) is 7.47. The number of carbonyl (C=O) groups is 1. The summed E-state index contributed by atoms with van der Waals surface area (Å²) in [6.07, 6.45) is 0.508. The Bertz CT molecular complexity index is 600. The van der Waals surface area contributed by atoms with E-state index in [9.17, 15) is 13.2 Å². The summed E-state index contributed by atoms with van der Waals surface area (Å²) in [6.45, 7) is 0.553. The maximum atomic E-state index is 11.8. The van der Waals surface area contributed by atoms with Crippen molar-refractivity contribution in [1.29, 1.82) is 0 Å². The number of hydrogen-bond acceptors (Lipinski definition) is 5. The first-order valence-corrected chi connectivity index (χ1v) is 8.43. The van der Waals surface area contributed by atoms with Crippen LogP contribution in [-0.4, -0.2) is 34.7 Å². The quantitative estimate of drug-likeness (QED) is 0.442. The van der Waals surface area contributed by atoms with Gasteiger partial charge in [-0.15, -0.1) is 0 Å². The minimum Gasteiger partial charge on any atom is -0.462 e. The predicted molar refractivity (Wildman–Crippen MR) is 76.3 cm³/mol. The lowest BCUT2D eigenvalue weighted by molar-refractivity contribution is 0.0468. The number of rotatable bonds is 6. The molecule has 0 radical (unpaired) electrons. The van der Waals surface area contributed by atoms with Crippen LogP contribution in [0.25, 0.3) is 0 Å². The molecule has 0 aliphatic heterocycles. The van der Waals surface area contributed by atoms with Gasteiger partial charge >= 0.3 is 5.97 Å². The summed E-state index contributed by atoms with van der Waals surface area (Å²) in [5, 5.41) is -0.184. The van der Waals surface area contributed by atoms with Crippen molar-refractivity contribution in [3.8, 4) is 0 Å². The average molecular weight is 362 g/mol. The van der Waals surface area contributed by atoms with Gasteiger partial charge in [0.25, 0.3) is 9.05 Å². The van der Waals surface area contributed by atoms with Crippen LogP contribution < -0.4 is 0 Å². The summed E-state index contributed by atoms with van der Waals surface area (Å²) < 4.78 is 32.4. The Morgan fingerprint density at radius 2 is 1.85 bits per heavy atom. The van der Waals surface area contributed by atoms with Crippen LogP contribution >= 0.6 is 33.9 Å². The first-order valence-electron chi connectivity index (χ1n) is 5.37. The van der Waals surface area contributed by atoms with Crippen molar-refractivity contribution in [2.24, 2.45) is 0 Å². The molecule has 0 unspecified atom stereocenters. The highest BCUT2D eigenvalue weighted by atomic mass is 35.7. The lowest BCUT2D eigenvalue weighted by Gasteiger charge is -2.08. The maximum Gasteiger partial charge on any atom is 0.339 e. The predicted octanol–water partition coefficient (Wildman–Crippen LogP) is 3.11. The molecule has 0 saturated heterocycles. The van der Waals surface area contributed by atoms with E-state index in [4.69, 9.17) is 43.4 Å². The molecule has 0 amide bonds. The van der Waals surface area contributed by atoms with Crippen LogP contribution in [0, 0.1) is 0 Å². The van der Waals surface area contributed by atoms with E-state index in [1.165, 1.54) is 7.11 Å². The van der Waals surface area contributed by atoms with Crippen molar-refractivity contribution in [1.82, 2.24) is 0 Å².